The van der Waals surface area contributed by atoms with E-state index in [2.05, 4.69) is 17.1 Å². The van der Waals surface area contributed by atoms with Crippen LogP contribution in [0.1, 0.15) is 44.6 Å². The normalized spacial score (nSPS) is 15.3. The van der Waals surface area contributed by atoms with E-state index in [0.29, 0.717) is 30.8 Å². The number of benzene rings is 2. The summed E-state index contributed by atoms with van der Waals surface area (Å²) in [6.45, 7) is 4.16. The van der Waals surface area contributed by atoms with Crippen molar-refractivity contribution in [2.24, 2.45) is 0 Å². The maximum Gasteiger partial charge on any atom is 0.243 e. The molecule has 0 spiro atoms. The van der Waals surface area contributed by atoms with Crippen molar-refractivity contribution in [3.63, 3.8) is 0 Å². The van der Waals surface area contributed by atoms with Crippen LogP contribution >= 0.6 is 0 Å². The molecule has 0 unspecified atom stereocenters. The number of hydrogen-bond donors (Lipinski definition) is 1. The van der Waals surface area contributed by atoms with Gasteiger partial charge in [-0.15, -0.1) is 0 Å². The van der Waals surface area contributed by atoms with Crippen LogP contribution in [0.25, 0.3) is 0 Å². The molecule has 1 heterocycles. The largest absolute Gasteiger partial charge is 0.375 e. The summed E-state index contributed by atoms with van der Waals surface area (Å²) in [7, 11) is -1.43. The van der Waals surface area contributed by atoms with Gasteiger partial charge in [-0.2, -0.15) is 4.31 Å². The van der Waals surface area contributed by atoms with E-state index in [4.69, 9.17) is 0 Å². The molecule has 7 heteroatoms. The molecule has 1 aliphatic rings. The Balaban J connectivity index is 1.56. The van der Waals surface area contributed by atoms with Gasteiger partial charge in [-0.1, -0.05) is 31.0 Å². The van der Waals surface area contributed by atoms with Gasteiger partial charge in [-0.3, -0.25) is 4.79 Å². The maximum absolute atomic E-state index is 12.9. The second kappa shape index (κ2) is 10.8. The fourth-order valence-corrected chi connectivity index (χ4v) is 5.26. The Morgan fingerprint density at radius 2 is 1.71 bits per heavy atom. The Morgan fingerprint density at radius 3 is 2.35 bits per heavy atom. The van der Waals surface area contributed by atoms with Gasteiger partial charge in [0.2, 0.25) is 15.9 Å². The van der Waals surface area contributed by atoms with Gasteiger partial charge in [0.1, 0.15) is 0 Å². The second-order valence-electron chi connectivity index (χ2n) is 8.07. The number of carbonyl (C=O) groups excluding carboxylic acids is 1. The average Bonchev–Trinajstić information content (AvgIpc) is 3.08. The third kappa shape index (κ3) is 6.31. The highest BCUT2D eigenvalue weighted by atomic mass is 32.2. The number of rotatable bonds is 8. The molecule has 6 nitrogen and oxygen atoms in total. The van der Waals surface area contributed by atoms with Crippen LogP contribution in [0.3, 0.4) is 0 Å². The predicted octanol–water partition coefficient (Wildman–Crippen LogP) is 4.28. The highest BCUT2D eigenvalue weighted by molar-refractivity contribution is 7.89. The first-order valence-corrected chi connectivity index (χ1v) is 12.5. The molecule has 0 saturated carbocycles. The van der Waals surface area contributed by atoms with Crippen LogP contribution in [-0.2, 0) is 21.2 Å². The van der Waals surface area contributed by atoms with E-state index in [1.165, 1.54) is 0 Å². The molecule has 0 bridgehead atoms. The molecule has 1 N–H and O–H groups in total. The highest BCUT2D eigenvalue weighted by Gasteiger charge is 2.24. The van der Waals surface area contributed by atoms with Crippen molar-refractivity contribution >= 4 is 27.3 Å². The smallest absolute Gasteiger partial charge is 0.243 e. The molecule has 2 aromatic carbocycles. The Morgan fingerprint density at radius 1 is 1.03 bits per heavy atom. The molecule has 3 rings (SSSR count). The third-order valence-corrected chi connectivity index (χ3v) is 7.72. The molecule has 31 heavy (non-hydrogen) atoms. The molecule has 1 amide bonds. The molecule has 1 fully saturated rings. The third-order valence-electron chi connectivity index (χ3n) is 5.81. The van der Waals surface area contributed by atoms with Crippen molar-refractivity contribution in [1.29, 1.82) is 0 Å². The summed E-state index contributed by atoms with van der Waals surface area (Å²) >= 11 is 0. The lowest BCUT2D eigenvalue weighted by Crippen LogP contribution is -2.31. The van der Waals surface area contributed by atoms with E-state index in [0.717, 1.165) is 49.2 Å². The Hall–Kier alpha value is -2.38. The minimum absolute atomic E-state index is 0.0578. The van der Waals surface area contributed by atoms with Gasteiger partial charge < -0.3 is 10.2 Å². The Labute approximate surface area is 186 Å². The number of nitrogens with zero attached hydrogens (tertiary/aromatic N) is 2. The summed E-state index contributed by atoms with van der Waals surface area (Å²) in [4.78, 5) is 14.8. The summed E-state index contributed by atoms with van der Waals surface area (Å²) in [5.74, 6) is -0.0578. The van der Waals surface area contributed by atoms with E-state index in [1.807, 2.05) is 43.4 Å². The highest BCUT2D eigenvalue weighted by Crippen LogP contribution is 2.21. The number of carbonyl (C=O) groups is 1. The van der Waals surface area contributed by atoms with Crippen molar-refractivity contribution < 1.29 is 13.2 Å². The summed E-state index contributed by atoms with van der Waals surface area (Å²) in [6.07, 6.45) is 4.92. The number of nitrogens with one attached hydrogen (secondary N) is 1. The molecule has 0 aliphatic carbocycles. The van der Waals surface area contributed by atoms with Crippen LogP contribution in [0.4, 0.5) is 11.4 Å². The van der Waals surface area contributed by atoms with E-state index >= 15 is 0 Å². The zero-order valence-corrected chi connectivity index (χ0v) is 19.3. The summed E-state index contributed by atoms with van der Waals surface area (Å²) in [5, 5.41) is 2.95. The minimum Gasteiger partial charge on any atom is -0.375 e. The first-order valence-electron chi connectivity index (χ1n) is 11.1. The van der Waals surface area contributed by atoms with E-state index in [9.17, 15) is 13.2 Å². The topological polar surface area (TPSA) is 69.7 Å². The van der Waals surface area contributed by atoms with Crippen LogP contribution in [0.5, 0.6) is 0 Å². The Bertz CT molecular complexity index is 966. The van der Waals surface area contributed by atoms with Gasteiger partial charge in [-0.05, 0) is 62.1 Å². The van der Waals surface area contributed by atoms with Gasteiger partial charge in [-0.25, -0.2) is 8.42 Å². The van der Waals surface area contributed by atoms with Gasteiger partial charge in [0.05, 0.1) is 4.90 Å². The number of sulfonamides is 1. The van der Waals surface area contributed by atoms with Crippen molar-refractivity contribution in [2.75, 3.05) is 36.9 Å². The molecule has 2 aromatic rings. The fraction of sp³-hybridized carbons (Fsp3) is 0.458. The monoisotopic (exact) mass is 443 g/mol. The molecule has 0 atom stereocenters. The molecular weight excluding hydrogens is 410 g/mol. The number of amides is 1. The zero-order chi connectivity index (χ0) is 22.3. The molecule has 0 radical (unpaired) electrons. The van der Waals surface area contributed by atoms with Crippen molar-refractivity contribution in [2.45, 2.75) is 50.3 Å². The first-order chi connectivity index (χ1) is 14.9. The van der Waals surface area contributed by atoms with Crippen LogP contribution in [0.15, 0.2) is 53.4 Å². The summed E-state index contributed by atoms with van der Waals surface area (Å²) < 4.78 is 27.4. The minimum atomic E-state index is -3.44. The van der Waals surface area contributed by atoms with Crippen LogP contribution in [0.2, 0.25) is 0 Å². The molecule has 0 aromatic heterocycles. The standard InChI is InChI=1S/C24H33N3O3S/c1-3-26(2)22-10-8-9-21(19-22)25-24(28)16-13-20-11-14-23(15-12-20)31(29,30)27-17-6-4-5-7-18-27/h8-12,14-15,19H,3-7,13,16-18H2,1-2H3,(H,25,28). The summed E-state index contributed by atoms with van der Waals surface area (Å²) in [5.41, 5.74) is 2.78. The van der Waals surface area contributed by atoms with Crippen LogP contribution < -0.4 is 10.2 Å². The van der Waals surface area contributed by atoms with Crippen molar-refractivity contribution in [1.82, 2.24) is 4.31 Å². The lowest BCUT2D eigenvalue weighted by atomic mass is 10.1. The fourth-order valence-electron chi connectivity index (χ4n) is 3.74. The molecule has 1 aliphatic heterocycles. The van der Waals surface area contributed by atoms with Gasteiger partial charge in [0, 0.05) is 44.5 Å². The average molecular weight is 444 g/mol. The maximum atomic E-state index is 12.9. The lowest BCUT2D eigenvalue weighted by molar-refractivity contribution is -0.116. The van der Waals surface area contributed by atoms with Crippen molar-refractivity contribution in [3.05, 3.63) is 54.1 Å². The number of anilines is 2. The molecule has 1 saturated heterocycles. The first kappa shape index (κ1) is 23.3. The SMILES string of the molecule is CCN(C)c1cccc(NC(=O)CCc2ccc(S(=O)(=O)N3CCCCCC3)cc2)c1. The van der Waals surface area contributed by atoms with E-state index in [1.54, 1.807) is 16.4 Å². The van der Waals surface area contributed by atoms with Crippen LogP contribution in [0, 0.1) is 0 Å². The Kier molecular flexibility index (Phi) is 8.09. The van der Waals surface area contributed by atoms with Gasteiger partial charge in [0.25, 0.3) is 0 Å². The number of aryl methyl sites for hydroxylation is 1. The quantitative estimate of drug-likeness (QED) is 0.661. The van der Waals surface area contributed by atoms with Crippen LogP contribution in [-0.4, -0.2) is 45.3 Å². The van der Waals surface area contributed by atoms with Gasteiger partial charge >= 0.3 is 0 Å². The van der Waals surface area contributed by atoms with Gasteiger partial charge in [0.15, 0.2) is 0 Å². The van der Waals surface area contributed by atoms with E-state index in [-0.39, 0.29) is 5.91 Å². The predicted molar refractivity (Wildman–Crippen MR) is 126 cm³/mol. The second-order valence-corrected chi connectivity index (χ2v) is 10.0. The molecule has 168 valence electrons. The van der Waals surface area contributed by atoms with E-state index < -0.39 is 10.0 Å². The summed E-state index contributed by atoms with van der Waals surface area (Å²) in [6, 6.07) is 14.7. The molecular formula is C24H33N3O3S. The number of hydrogen-bond acceptors (Lipinski definition) is 4. The lowest BCUT2D eigenvalue weighted by Gasteiger charge is -2.20. The zero-order valence-electron chi connectivity index (χ0n) is 18.5. The van der Waals surface area contributed by atoms with Crippen molar-refractivity contribution in [3.8, 4) is 0 Å².